The van der Waals surface area contributed by atoms with Crippen molar-refractivity contribution in [2.24, 2.45) is 11.0 Å². The van der Waals surface area contributed by atoms with Gasteiger partial charge in [-0.15, -0.1) is 0 Å². The zero-order chi connectivity index (χ0) is 12.5. The zero-order valence-electron chi connectivity index (χ0n) is 9.70. The van der Waals surface area contributed by atoms with E-state index in [9.17, 15) is 0 Å². The van der Waals surface area contributed by atoms with Crippen LogP contribution in [0.4, 0.5) is 0 Å². The molecule has 1 aromatic rings. The summed E-state index contributed by atoms with van der Waals surface area (Å²) in [7, 11) is 0. The minimum atomic E-state index is 0.377. The number of allylic oxidation sites excluding steroid dienone is 2. The van der Waals surface area contributed by atoms with Crippen LogP contribution in [-0.2, 0) is 0 Å². The molecule has 0 N–H and O–H groups in total. The van der Waals surface area contributed by atoms with Gasteiger partial charge in [0.25, 0.3) is 0 Å². The van der Waals surface area contributed by atoms with E-state index in [0.717, 1.165) is 37.0 Å². The fourth-order valence-corrected chi connectivity index (χ4v) is 4.53. The van der Waals surface area contributed by atoms with Crippen molar-refractivity contribution >= 4 is 47.7 Å². The van der Waals surface area contributed by atoms with Gasteiger partial charge in [-0.1, -0.05) is 0 Å². The minimum absolute atomic E-state index is 0.377. The molecular weight excluding hydrogens is 482 g/mol. The normalized spacial score (nSPS) is 26.3. The molecule has 2 aliphatic rings. The molecule has 18 heavy (non-hydrogen) atoms. The molecule has 1 aliphatic carbocycles. The second kappa shape index (κ2) is 5.24. The number of hydrazone groups is 1. The van der Waals surface area contributed by atoms with Gasteiger partial charge in [0.05, 0.1) is 0 Å². The molecule has 88 valence electrons. The monoisotopic (exact) mass is 493 g/mol. The van der Waals surface area contributed by atoms with Gasteiger partial charge in [-0.3, -0.25) is 0 Å². The number of hydrogen-bond acceptors (Lipinski definition) is 3. The van der Waals surface area contributed by atoms with Gasteiger partial charge in [0.2, 0.25) is 0 Å². The van der Waals surface area contributed by atoms with Crippen LogP contribution in [0.1, 0.15) is 12.0 Å². The molecule has 0 fully saturated rings. The third kappa shape index (κ3) is 2.32. The summed E-state index contributed by atoms with van der Waals surface area (Å²) >= 11 is 4.33. The molecule has 1 aliphatic heterocycles. The van der Waals surface area contributed by atoms with Crippen LogP contribution in [-0.4, -0.2) is 45.6 Å². The predicted octanol–water partition coefficient (Wildman–Crippen LogP) is 2.41. The van der Waals surface area contributed by atoms with Gasteiger partial charge in [-0.25, -0.2) is 0 Å². The molecule has 1 aromatic heterocycles. The van der Waals surface area contributed by atoms with Crippen LogP contribution in [0.2, 0.25) is 0 Å². The van der Waals surface area contributed by atoms with Crippen LogP contribution in [0, 0.1) is 5.92 Å². The third-order valence-electron chi connectivity index (χ3n) is 3.26. The standard InChI is InChI=1S/C13H11BrN3.Tl/c14-10-2-1-3-12-11(8-10)13(17-16-12)9-4-6-15-7-5-9;/h1-2,4-8,11-12H,3H2;/q-1;+1. The van der Waals surface area contributed by atoms with Gasteiger partial charge in [0.1, 0.15) is 0 Å². The van der Waals surface area contributed by atoms with E-state index in [4.69, 9.17) is 5.10 Å². The van der Waals surface area contributed by atoms with E-state index in [-0.39, 0.29) is 0 Å². The summed E-state index contributed by atoms with van der Waals surface area (Å²) in [6.45, 7) is 0. The summed E-state index contributed by atoms with van der Waals surface area (Å²) in [5, 5.41) is 4.78. The first-order valence-corrected chi connectivity index (χ1v) is 8.62. The van der Waals surface area contributed by atoms with Gasteiger partial charge >= 0.3 is 132 Å². The Labute approximate surface area is 131 Å². The Bertz CT molecular complexity index is 538. The topological polar surface area (TPSA) is 28.5 Å². The molecule has 2 unspecified atom stereocenters. The molecule has 0 saturated carbocycles. The number of fused-ring (bicyclic) bond motifs is 1. The average molecular weight is 494 g/mol. The molecular formula is C13H11BrN3Tl. The van der Waals surface area contributed by atoms with E-state index in [0.29, 0.717) is 12.0 Å². The van der Waals surface area contributed by atoms with Gasteiger partial charge in [-0.2, -0.15) is 0 Å². The van der Waals surface area contributed by atoms with E-state index in [1.54, 1.807) is 0 Å². The first-order chi connectivity index (χ1) is 8.75. The van der Waals surface area contributed by atoms with Crippen LogP contribution < -0.4 is 0 Å². The zero-order valence-corrected chi connectivity index (χ0v) is 15.8. The van der Waals surface area contributed by atoms with E-state index in [1.807, 2.05) is 24.5 Å². The summed E-state index contributed by atoms with van der Waals surface area (Å²) in [5.74, 6) is 0.377. The third-order valence-corrected chi connectivity index (χ3v) is 5.73. The van der Waals surface area contributed by atoms with Crippen LogP contribution in [0.5, 0.6) is 0 Å². The molecule has 0 bridgehead atoms. The summed E-state index contributed by atoms with van der Waals surface area (Å²) in [6, 6.07) is 4.57. The van der Waals surface area contributed by atoms with Crippen molar-refractivity contribution in [2.45, 2.75) is 12.5 Å². The summed E-state index contributed by atoms with van der Waals surface area (Å²) in [5.41, 5.74) is 2.35. The SMILES string of the molecule is BrC1=CC2C(c3ccncc3)=N[N]([Tl])C2CC=C1. The molecule has 0 saturated heterocycles. The summed E-state index contributed by atoms with van der Waals surface area (Å²) in [4.78, 5) is 4.08. The van der Waals surface area contributed by atoms with E-state index >= 15 is 0 Å². The van der Waals surface area contributed by atoms with E-state index < -0.39 is 0 Å². The Hall–Kier alpha value is -0.498. The van der Waals surface area contributed by atoms with Crippen LogP contribution >= 0.6 is 15.9 Å². The Morgan fingerprint density at radius 3 is 2.89 bits per heavy atom. The predicted molar refractivity (Wildman–Crippen MR) is 76.4 cm³/mol. The number of nitrogens with zero attached hydrogens (tertiary/aromatic N) is 3. The van der Waals surface area contributed by atoms with Crippen LogP contribution in [0.25, 0.3) is 0 Å². The van der Waals surface area contributed by atoms with Crippen molar-refractivity contribution in [1.82, 2.24) is 7.80 Å². The number of rotatable bonds is 1. The number of halogens is 1. The number of aromatic nitrogens is 1. The molecule has 0 amide bonds. The maximum atomic E-state index is 4.78. The fourth-order valence-electron chi connectivity index (χ4n) is 2.38. The van der Waals surface area contributed by atoms with Crippen molar-refractivity contribution < 1.29 is 0 Å². The van der Waals surface area contributed by atoms with Crippen molar-refractivity contribution in [3.05, 3.63) is 52.8 Å². The van der Waals surface area contributed by atoms with Gasteiger partial charge in [-0.05, 0) is 0 Å². The van der Waals surface area contributed by atoms with Crippen molar-refractivity contribution in [1.29, 1.82) is 0 Å². The summed E-state index contributed by atoms with van der Waals surface area (Å²) < 4.78 is 3.39. The van der Waals surface area contributed by atoms with E-state index in [2.05, 4.69) is 42.0 Å². The number of pyridine rings is 1. The fraction of sp³-hybridized carbons (Fsp3) is 0.231. The molecule has 2 atom stereocenters. The quantitative estimate of drug-likeness (QED) is 0.563. The second-order valence-corrected chi connectivity index (χ2v) is 7.36. The molecule has 2 heterocycles. The molecule has 0 aromatic carbocycles. The first-order valence-electron chi connectivity index (χ1n) is 5.82. The Kier molecular flexibility index (Phi) is 3.65. The molecule has 5 heteroatoms. The maximum absolute atomic E-state index is 4.78. The first kappa shape index (κ1) is 12.5. The number of hydrogen-bond donors (Lipinski definition) is 0. The van der Waals surface area contributed by atoms with Crippen molar-refractivity contribution in [3.63, 3.8) is 0 Å². The van der Waals surface area contributed by atoms with Crippen molar-refractivity contribution in [3.8, 4) is 0 Å². The molecule has 0 spiro atoms. The van der Waals surface area contributed by atoms with Gasteiger partial charge in [0.15, 0.2) is 0 Å². The van der Waals surface area contributed by atoms with E-state index in [1.165, 1.54) is 11.3 Å². The molecule has 0 radical (unpaired) electrons. The summed E-state index contributed by atoms with van der Waals surface area (Å²) in [6.07, 6.45) is 11.4. The van der Waals surface area contributed by atoms with Gasteiger partial charge in [0, 0.05) is 0 Å². The van der Waals surface area contributed by atoms with Crippen LogP contribution in [0.15, 0.2) is 52.3 Å². The Morgan fingerprint density at radius 1 is 1.33 bits per heavy atom. The Balaban J connectivity index is 2.01. The average Bonchev–Trinajstić information content (AvgIpc) is 2.58. The molecule has 3 rings (SSSR count). The molecule has 3 nitrogen and oxygen atoms in total. The van der Waals surface area contributed by atoms with Gasteiger partial charge < -0.3 is 0 Å². The Morgan fingerprint density at radius 2 is 2.11 bits per heavy atom. The second-order valence-electron chi connectivity index (χ2n) is 4.38. The van der Waals surface area contributed by atoms with Crippen LogP contribution in [0.3, 0.4) is 0 Å². The van der Waals surface area contributed by atoms with Crippen molar-refractivity contribution in [2.75, 3.05) is 0 Å².